The fraction of sp³-hybridized carbons (Fsp3) is 0.611. The van der Waals surface area contributed by atoms with Gasteiger partial charge in [0.15, 0.2) is 0 Å². The lowest BCUT2D eigenvalue weighted by Crippen LogP contribution is -2.54. The smallest absolute Gasteiger partial charge is 0.260 e. The Hall–Kier alpha value is -2.05. The lowest BCUT2D eigenvalue weighted by Gasteiger charge is -2.36. The van der Waals surface area contributed by atoms with Crippen molar-refractivity contribution in [1.82, 2.24) is 15.6 Å². The summed E-state index contributed by atoms with van der Waals surface area (Å²) in [5.41, 5.74) is 2.89. The van der Waals surface area contributed by atoms with Crippen LogP contribution in [0.4, 0.5) is 8.78 Å². The van der Waals surface area contributed by atoms with E-state index in [4.69, 9.17) is 0 Å². The van der Waals surface area contributed by atoms with Crippen molar-refractivity contribution in [3.8, 4) is 0 Å². The van der Waals surface area contributed by atoms with Crippen LogP contribution in [0.25, 0.3) is 0 Å². The largest absolute Gasteiger partial charge is 0.353 e. The van der Waals surface area contributed by atoms with E-state index in [2.05, 4.69) is 15.6 Å². The van der Waals surface area contributed by atoms with Crippen LogP contribution in [0.15, 0.2) is 12.4 Å². The first-order chi connectivity index (χ1) is 11.9. The summed E-state index contributed by atoms with van der Waals surface area (Å²) in [5, 5.41) is 5.61. The van der Waals surface area contributed by atoms with Crippen LogP contribution >= 0.6 is 0 Å². The standard InChI is InChI=1S/C18H21F2N3O2/c19-18(20)7-15(18)17(25)23-12-5-11(6-12)22-16(24)14-9-21-8-10-3-1-2-4-13(10)14/h8-9,11-12,15H,1-7H2,(H,22,24)(H,23,25)/t11?,12?,15-/m0/s1. The van der Waals surface area contributed by atoms with Gasteiger partial charge in [0.25, 0.3) is 11.8 Å². The van der Waals surface area contributed by atoms with E-state index < -0.39 is 17.7 Å². The number of aryl methyl sites for hydroxylation is 1. The van der Waals surface area contributed by atoms with E-state index in [1.807, 2.05) is 6.20 Å². The van der Waals surface area contributed by atoms with Crippen LogP contribution < -0.4 is 10.6 Å². The number of hydrogen-bond donors (Lipinski definition) is 2. The van der Waals surface area contributed by atoms with E-state index in [1.54, 1.807) is 6.20 Å². The molecule has 0 aliphatic heterocycles. The van der Waals surface area contributed by atoms with Crippen molar-refractivity contribution in [3.05, 3.63) is 29.1 Å². The number of nitrogens with one attached hydrogen (secondary N) is 2. The minimum absolute atomic E-state index is 0.0306. The molecule has 0 spiro atoms. The zero-order chi connectivity index (χ0) is 17.6. The van der Waals surface area contributed by atoms with Crippen LogP contribution in [-0.2, 0) is 17.6 Å². The predicted octanol–water partition coefficient (Wildman–Crippen LogP) is 1.99. The third-order valence-corrected chi connectivity index (χ3v) is 5.48. The zero-order valence-electron chi connectivity index (χ0n) is 13.9. The first-order valence-electron chi connectivity index (χ1n) is 8.89. The number of hydrogen-bond acceptors (Lipinski definition) is 3. The quantitative estimate of drug-likeness (QED) is 0.873. The number of amides is 2. The molecule has 2 N–H and O–H groups in total. The first-order valence-corrected chi connectivity index (χ1v) is 8.89. The second-order valence-electron chi connectivity index (χ2n) is 7.40. The number of nitrogens with zero attached hydrogens (tertiary/aromatic N) is 1. The molecule has 2 amide bonds. The van der Waals surface area contributed by atoms with Gasteiger partial charge in [0.05, 0.1) is 5.56 Å². The molecule has 1 atom stereocenters. The molecule has 0 saturated heterocycles. The molecule has 0 radical (unpaired) electrons. The van der Waals surface area contributed by atoms with Gasteiger partial charge in [-0.25, -0.2) is 8.78 Å². The lowest BCUT2D eigenvalue weighted by molar-refractivity contribution is -0.125. The third-order valence-electron chi connectivity index (χ3n) is 5.48. The Morgan fingerprint density at radius 1 is 1.08 bits per heavy atom. The van der Waals surface area contributed by atoms with Gasteiger partial charge in [0, 0.05) is 30.9 Å². The molecule has 3 aliphatic rings. The molecule has 134 valence electrons. The number of carbonyl (C=O) groups is 2. The van der Waals surface area contributed by atoms with Gasteiger partial charge in [-0.2, -0.15) is 0 Å². The Labute approximate surface area is 144 Å². The lowest BCUT2D eigenvalue weighted by atomic mass is 9.85. The van der Waals surface area contributed by atoms with Crippen LogP contribution in [0.5, 0.6) is 0 Å². The fourth-order valence-corrected chi connectivity index (χ4v) is 3.77. The normalized spacial score (nSPS) is 29.1. The third kappa shape index (κ3) is 3.24. The monoisotopic (exact) mass is 349 g/mol. The van der Waals surface area contributed by atoms with E-state index >= 15 is 0 Å². The highest BCUT2D eigenvalue weighted by Gasteiger charge is 2.61. The molecule has 25 heavy (non-hydrogen) atoms. The fourth-order valence-electron chi connectivity index (χ4n) is 3.77. The Morgan fingerprint density at radius 3 is 2.48 bits per heavy atom. The maximum atomic E-state index is 12.9. The van der Waals surface area contributed by atoms with Gasteiger partial charge in [0.2, 0.25) is 5.91 Å². The summed E-state index contributed by atoms with van der Waals surface area (Å²) in [6.07, 6.45) is 8.35. The molecule has 2 fully saturated rings. The maximum Gasteiger partial charge on any atom is 0.260 e. The van der Waals surface area contributed by atoms with Crippen LogP contribution in [0.2, 0.25) is 0 Å². The van der Waals surface area contributed by atoms with Crippen LogP contribution in [0, 0.1) is 5.92 Å². The summed E-state index contributed by atoms with van der Waals surface area (Å²) in [4.78, 5) is 28.3. The van der Waals surface area contributed by atoms with Crippen molar-refractivity contribution in [2.24, 2.45) is 5.92 Å². The molecule has 1 aromatic rings. The van der Waals surface area contributed by atoms with Crippen molar-refractivity contribution in [1.29, 1.82) is 0 Å². The van der Waals surface area contributed by atoms with Crippen molar-refractivity contribution in [3.63, 3.8) is 0 Å². The number of pyridine rings is 1. The molecular weight excluding hydrogens is 328 g/mol. The van der Waals surface area contributed by atoms with Crippen molar-refractivity contribution >= 4 is 11.8 Å². The number of carbonyl (C=O) groups excluding carboxylic acids is 2. The van der Waals surface area contributed by atoms with E-state index in [0.29, 0.717) is 18.4 Å². The molecule has 1 aromatic heterocycles. The van der Waals surface area contributed by atoms with Crippen molar-refractivity contribution in [2.45, 2.75) is 63.0 Å². The highest BCUT2D eigenvalue weighted by Crippen LogP contribution is 2.48. The number of alkyl halides is 2. The van der Waals surface area contributed by atoms with Gasteiger partial charge in [-0.05, 0) is 49.7 Å². The Kier molecular flexibility index (Phi) is 3.96. The molecule has 4 rings (SSSR count). The first kappa shape index (κ1) is 16.4. The zero-order valence-corrected chi connectivity index (χ0v) is 13.9. The summed E-state index contributed by atoms with van der Waals surface area (Å²) in [6.45, 7) is 0. The van der Waals surface area contributed by atoms with E-state index in [1.165, 1.54) is 0 Å². The molecule has 1 heterocycles. The number of rotatable bonds is 4. The molecule has 7 heteroatoms. The van der Waals surface area contributed by atoms with Gasteiger partial charge < -0.3 is 10.6 Å². The highest BCUT2D eigenvalue weighted by atomic mass is 19.3. The molecule has 5 nitrogen and oxygen atoms in total. The molecular formula is C18H21F2N3O2. The van der Waals surface area contributed by atoms with Crippen LogP contribution in [0.3, 0.4) is 0 Å². The minimum atomic E-state index is -2.83. The maximum absolute atomic E-state index is 12.9. The molecule has 2 saturated carbocycles. The second-order valence-corrected chi connectivity index (χ2v) is 7.40. The SMILES string of the molecule is O=C(NC1CC(NC(=O)[C@@H]2CC2(F)F)C1)c1cncc2c1CCCC2. The summed E-state index contributed by atoms with van der Waals surface area (Å²) in [6, 6.07) is -0.158. The van der Waals surface area contributed by atoms with Crippen LogP contribution in [-0.4, -0.2) is 34.8 Å². The van der Waals surface area contributed by atoms with Crippen LogP contribution in [0.1, 0.15) is 53.6 Å². The minimum Gasteiger partial charge on any atom is -0.353 e. The number of halogens is 2. The van der Waals surface area contributed by atoms with Gasteiger partial charge in [-0.15, -0.1) is 0 Å². The number of aromatic nitrogens is 1. The molecule has 0 aromatic carbocycles. The number of fused-ring (bicyclic) bond motifs is 1. The molecule has 0 unspecified atom stereocenters. The van der Waals surface area contributed by atoms with Crippen molar-refractivity contribution in [2.75, 3.05) is 0 Å². The average Bonchev–Trinajstić information content (AvgIpc) is 3.20. The van der Waals surface area contributed by atoms with Gasteiger partial charge in [-0.1, -0.05) is 0 Å². The Bertz CT molecular complexity index is 716. The summed E-state index contributed by atoms with van der Waals surface area (Å²) in [7, 11) is 0. The Balaban J connectivity index is 1.29. The van der Waals surface area contributed by atoms with Gasteiger partial charge >= 0.3 is 0 Å². The predicted molar refractivity (Wildman–Crippen MR) is 86.4 cm³/mol. The van der Waals surface area contributed by atoms with E-state index in [9.17, 15) is 18.4 Å². The molecule has 3 aliphatic carbocycles. The highest BCUT2D eigenvalue weighted by molar-refractivity contribution is 5.96. The summed E-state index contributed by atoms with van der Waals surface area (Å²) in [5.74, 6) is -4.69. The average molecular weight is 349 g/mol. The summed E-state index contributed by atoms with van der Waals surface area (Å²) < 4.78 is 25.7. The van der Waals surface area contributed by atoms with Gasteiger partial charge in [0.1, 0.15) is 5.92 Å². The topological polar surface area (TPSA) is 71.1 Å². The van der Waals surface area contributed by atoms with Gasteiger partial charge in [-0.3, -0.25) is 14.6 Å². The van der Waals surface area contributed by atoms with E-state index in [0.717, 1.165) is 36.8 Å². The van der Waals surface area contributed by atoms with Crippen molar-refractivity contribution < 1.29 is 18.4 Å². The Morgan fingerprint density at radius 2 is 1.76 bits per heavy atom. The summed E-state index contributed by atoms with van der Waals surface area (Å²) >= 11 is 0. The van der Waals surface area contributed by atoms with E-state index in [-0.39, 0.29) is 24.4 Å². The second kappa shape index (κ2) is 6.04. The molecule has 0 bridgehead atoms.